The summed E-state index contributed by atoms with van der Waals surface area (Å²) in [4.78, 5) is 28.0. The highest BCUT2D eigenvalue weighted by atomic mass is 16.5. The largest absolute Gasteiger partial charge is 0.452 e. The Hall–Kier alpha value is -3.99. The van der Waals surface area contributed by atoms with E-state index in [0.717, 1.165) is 0 Å². The van der Waals surface area contributed by atoms with Crippen molar-refractivity contribution in [2.75, 3.05) is 11.9 Å². The summed E-state index contributed by atoms with van der Waals surface area (Å²) in [6.07, 6.45) is 0. The molecule has 1 heterocycles. The van der Waals surface area contributed by atoms with Gasteiger partial charge in [0.1, 0.15) is 0 Å². The summed E-state index contributed by atoms with van der Waals surface area (Å²) in [6.45, 7) is 1.26. The molecule has 0 aliphatic heterocycles. The van der Waals surface area contributed by atoms with E-state index >= 15 is 0 Å². The van der Waals surface area contributed by atoms with Gasteiger partial charge in [-0.1, -0.05) is 11.2 Å². The van der Waals surface area contributed by atoms with Crippen molar-refractivity contribution < 1.29 is 18.8 Å². The Bertz CT molecular complexity index is 1020. The maximum absolute atomic E-state index is 12.1. The van der Waals surface area contributed by atoms with E-state index < -0.39 is 18.5 Å². The molecule has 0 saturated heterocycles. The molecule has 0 radical (unpaired) electrons. The Labute approximate surface area is 154 Å². The first kappa shape index (κ1) is 17.8. The molecule has 8 heteroatoms. The number of benzene rings is 2. The van der Waals surface area contributed by atoms with Crippen LogP contribution in [0.4, 0.5) is 5.69 Å². The van der Waals surface area contributed by atoms with E-state index in [1.54, 1.807) is 49.4 Å². The fourth-order valence-electron chi connectivity index (χ4n) is 2.24. The first-order valence-electron chi connectivity index (χ1n) is 7.93. The number of esters is 1. The number of aromatic nitrogens is 2. The number of aryl methyl sites for hydroxylation is 1. The lowest BCUT2D eigenvalue weighted by Crippen LogP contribution is -2.20. The van der Waals surface area contributed by atoms with Crippen molar-refractivity contribution in [2.24, 2.45) is 0 Å². The molecule has 1 amide bonds. The Balaban J connectivity index is 1.55. The van der Waals surface area contributed by atoms with Gasteiger partial charge in [-0.05, 0) is 49.4 Å². The summed E-state index contributed by atoms with van der Waals surface area (Å²) >= 11 is 0. The molecule has 134 valence electrons. The highest BCUT2D eigenvalue weighted by Crippen LogP contribution is 2.18. The molecule has 0 fully saturated rings. The molecular weight excluding hydrogens is 348 g/mol. The molecular formula is C19H14N4O4. The second-order valence-electron chi connectivity index (χ2n) is 5.54. The zero-order chi connectivity index (χ0) is 19.2. The van der Waals surface area contributed by atoms with Gasteiger partial charge in [-0.3, -0.25) is 4.79 Å². The first-order chi connectivity index (χ1) is 13.0. The van der Waals surface area contributed by atoms with Crippen LogP contribution in [-0.2, 0) is 9.53 Å². The zero-order valence-electron chi connectivity index (χ0n) is 14.3. The SMILES string of the molecule is Cc1noc(-c2ccc(C(=O)OCC(=O)Nc3cccc(C#N)c3)cc2)n1. The van der Waals surface area contributed by atoms with Gasteiger partial charge in [0, 0.05) is 11.3 Å². The molecule has 3 aromatic rings. The average molecular weight is 362 g/mol. The fourth-order valence-corrected chi connectivity index (χ4v) is 2.24. The normalized spacial score (nSPS) is 10.1. The predicted molar refractivity (Wildman–Crippen MR) is 94.5 cm³/mol. The van der Waals surface area contributed by atoms with Crippen molar-refractivity contribution in [3.8, 4) is 17.5 Å². The molecule has 27 heavy (non-hydrogen) atoms. The minimum atomic E-state index is -0.635. The molecule has 8 nitrogen and oxygen atoms in total. The first-order valence-corrected chi connectivity index (χ1v) is 7.93. The Morgan fingerprint density at radius 2 is 2.00 bits per heavy atom. The number of carbonyl (C=O) groups excluding carboxylic acids is 2. The Morgan fingerprint density at radius 3 is 2.67 bits per heavy atom. The summed E-state index contributed by atoms with van der Waals surface area (Å²) in [5.41, 5.74) is 1.83. The summed E-state index contributed by atoms with van der Waals surface area (Å²) in [6, 6.07) is 14.8. The van der Waals surface area contributed by atoms with E-state index in [-0.39, 0.29) is 5.56 Å². The molecule has 0 aliphatic carbocycles. The van der Waals surface area contributed by atoms with Gasteiger partial charge in [0.25, 0.3) is 11.8 Å². The van der Waals surface area contributed by atoms with Crippen LogP contribution in [0.3, 0.4) is 0 Å². The molecule has 0 saturated carbocycles. The molecule has 3 rings (SSSR count). The van der Waals surface area contributed by atoms with Gasteiger partial charge in [0.2, 0.25) is 0 Å². The van der Waals surface area contributed by atoms with Gasteiger partial charge in [0.15, 0.2) is 12.4 Å². The van der Waals surface area contributed by atoms with Crippen LogP contribution in [0.15, 0.2) is 53.1 Å². The molecule has 1 aromatic heterocycles. The van der Waals surface area contributed by atoms with E-state index in [2.05, 4.69) is 15.5 Å². The maximum Gasteiger partial charge on any atom is 0.338 e. The number of nitrogens with zero attached hydrogens (tertiary/aromatic N) is 3. The van der Waals surface area contributed by atoms with Crippen LogP contribution in [-0.4, -0.2) is 28.6 Å². The zero-order valence-corrected chi connectivity index (χ0v) is 14.3. The molecule has 0 atom stereocenters. The van der Waals surface area contributed by atoms with Crippen molar-refractivity contribution in [3.63, 3.8) is 0 Å². The summed E-state index contributed by atoms with van der Waals surface area (Å²) in [7, 11) is 0. The monoisotopic (exact) mass is 362 g/mol. The quantitative estimate of drug-likeness (QED) is 0.693. The minimum Gasteiger partial charge on any atom is -0.452 e. The summed E-state index contributed by atoms with van der Waals surface area (Å²) in [5.74, 6) is -0.271. The summed E-state index contributed by atoms with van der Waals surface area (Å²) < 4.78 is 10.1. The van der Waals surface area contributed by atoms with Crippen LogP contribution in [0.25, 0.3) is 11.5 Å². The number of ether oxygens (including phenoxy) is 1. The van der Waals surface area contributed by atoms with Crippen molar-refractivity contribution in [2.45, 2.75) is 6.92 Å². The fraction of sp³-hybridized carbons (Fsp3) is 0.105. The maximum atomic E-state index is 12.1. The van der Waals surface area contributed by atoms with Crippen molar-refractivity contribution >= 4 is 17.6 Å². The van der Waals surface area contributed by atoms with E-state index in [0.29, 0.717) is 28.5 Å². The number of hydrogen-bond donors (Lipinski definition) is 1. The predicted octanol–water partition coefficient (Wildman–Crippen LogP) is 2.71. The van der Waals surface area contributed by atoms with Gasteiger partial charge >= 0.3 is 5.97 Å². The lowest BCUT2D eigenvalue weighted by molar-refractivity contribution is -0.119. The van der Waals surface area contributed by atoms with Gasteiger partial charge in [0.05, 0.1) is 17.2 Å². The van der Waals surface area contributed by atoms with Crippen molar-refractivity contribution in [1.29, 1.82) is 5.26 Å². The lowest BCUT2D eigenvalue weighted by Gasteiger charge is -2.07. The molecule has 0 unspecified atom stereocenters. The van der Waals surface area contributed by atoms with E-state index in [4.69, 9.17) is 14.5 Å². The molecule has 0 spiro atoms. The molecule has 2 aromatic carbocycles. The number of rotatable bonds is 5. The van der Waals surface area contributed by atoms with Crippen molar-refractivity contribution in [3.05, 3.63) is 65.5 Å². The third-order valence-electron chi connectivity index (χ3n) is 3.50. The van der Waals surface area contributed by atoms with Crippen LogP contribution in [0.1, 0.15) is 21.7 Å². The molecule has 1 N–H and O–H groups in total. The topological polar surface area (TPSA) is 118 Å². The van der Waals surface area contributed by atoms with Crippen LogP contribution < -0.4 is 5.32 Å². The van der Waals surface area contributed by atoms with E-state index in [9.17, 15) is 9.59 Å². The highest BCUT2D eigenvalue weighted by Gasteiger charge is 2.12. The standard InChI is InChI=1S/C19H14N4O4/c1-12-21-18(27-23-12)14-5-7-15(8-6-14)19(25)26-11-17(24)22-16-4-2-3-13(9-16)10-20/h2-9H,11H2,1H3,(H,22,24). The number of nitriles is 1. The summed E-state index contributed by atoms with van der Waals surface area (Å²) in [5, 5.41) is 15.1. The van der Waals surface area contributed by atoms with Crippen LogP contribution >= 0.6 is 0 Å². The third kappa shape index (κ3) is 4.55. The van der Waals surface area contributed by atoms with Gasteiger partial charge in [-0.2, -0.15) is 10.2 Å². The molecule has 0 bridgehead atoms. The van der Waals surface area contributed by atoms with Crippen LogP contribution in [0, 0.1) is 18.3 Å². The smallest absolute Gasteiger partial charge is 0.338 e. The van der Waals surface area contributed by atoms with E-state index in [1.807, 2.05) is 6.07 Å². The number of hydrogen-bond acceptors (Lipinski definition) is 7. The van der Waals surface area contributed by atoms with Crippen LogP contribution in [0.5, 0.6) is 0 Å². The number of anilines is 1. The van der Waals surface area contributed by atoms with Gasteiger partial charge in [-0.25, -0.2) is 4.79 Å². The second-order valence-corrected chi connectivity index (χ2v) is 5.54. The Morgan fingerprint density at radius 1 is 1.22 bits per heavy atom. The highest BCUT2D eigenvalue weighted by molar-refractivity contribution is 5.95. The second kappa shape index (κ2) is 7.93. The van der Waals surface area contributed by atoms with Crippen LogP contribution in [0.2, 0.25) is 0 Å². The number of amides is 1. The van der Waals surface area contributed by atoms with Gasteiger partial charge < -0.3 is 14.6 Å². The van der Waals surface area contributed by atoms with Gasteiger partial charge in [-0.15, -0.1) is 0 Å². The number of carbonyl (C=O) groups is 2. The van der Waals surface area contributed by atoms with E-state index in [1.165, 1.54) is 6.07 Å². The van der Waals surface area contributed by atoms with Crippen molar-refractivity contribution in [1.82, 2.24) is 10.1 Å². The minimum absolute atomic E-state index is 0.286. The average Bonchev–Trinajstić information content (AvgIpc) is 3.12. The Kier molecular flexibility index (Phi) is 5.23. The molecule has 0 aliphatic rings. The lowest BCUT2D eigenvalue weighted by atomic mass is 10.1. The third-order valence-corrected chi connectivity index (χ3v) is 3.50. The number of nitrogens with one attached hydrogen (secondary N) is 1.